The first-order valence-electron chi connectivity index (χ1n) is 13.7. The Morgan fingerprint density at radius 2 is 1.64 bits per heavy atom. The number of allylic oxidation sites excluding steroid dienone is 2. The maximum Gasteiger partial charge on any atom is 0.331 e. The zero-order valence-electron chi connectivity index (χ0n) is 23.0. The van der Waals surface area contributed by atoms with Crippen LogP contribution in [-0.2, 0) is 14.4 Å². The van der Waals surface area contributed by atoms with E-state index in [1.54, 1.807) is 13.8 Å². The van der Waals surface area contributed by atoms with Gasteiger partial charge in [0.1, 0.15) is 0 Å². The first-order chi connectivity index (χ1) is 16.7. The molecule has 7 atom stereocenters. The van der Waals surface area contributed by atoms with Crippen molar-refractivity contribution in [1.82, 2.24) is 0 Å². The van der Waals surface area contributed by atoms with Crippen molar-refractivity contribution in [2.45, 2.75) is 106 Å². The Morgan fingerprint density at radius 1 is 0.972 bits per heavy atom. The van der Waals surface area contributed by atoms with Crippen molar-refractivity contribution in [3.8, 4) is 0 Å². The van der Waals surface area contributed by atoms with Crippen molar-refractivity contribution < 1.29 is 29.7 Å². The molecule has 6 heteroatoms. The Balaban J connectivity index is 1.90. The number of hydrogen-bond acceptors (Lipinski definition) is 3. The topological polar surface area (TPSA) is 112 Å². The lowest BCUT2D eigenvalue weighted by Crippen LogP contribution is -2.57. The molecule has 0 bridgehead atoms. The summed E-state index contributed by atoms with van der Waals surface area (Å²) in [5, 5.41) is 28.4. The van der Waals surface area contributed by atoms with Gasteiger partial charge in [0.2, 0.25) is 0 Å². The summed E-state index contributed by atoms with van der Waals surface area (Å²) in [6, 6.07) is 0. The Labute approximate surface area is 216 Å². The molecular weight excluding hydrogens is 456 g/mol. The van der Waals surface area contributed by atoms with Crippen LogP contribution in [0, 0.1) is 39.9 Å². The fourth-order valence-electron chi connectivity index (χ4n) is 9.02. The van der Waals surface area contributed by atoms with Crippen molar-refractivity contribution in [2.24, 2.45) is 39.9 Å². The van der Waals surface area contributed by atoms with Gasteiger partial charge in [-0.3, -0.25) is 4.79 Å². The van der Waals surface area contributed by atoms with Gasteiger partial charge >= 0.3 is 17.9 Å². The fraction of sp³-hybridized carbons (Fsp3) is 0.767. The van der Waals surface area contributed by atoms with Crippen molar-refractivity contribution in [3.05, 3.63) is 22.8 Å². The molecule has 3 fully saturated rings. The van der Waals surface area contributed by atoms with E-state index in [2.05, 4.69) is 27.7 Å². The number of carboxylic acids is 3. The highest BCUT2D eigenvalue weighted by molar-refractivity contribution is 5.87. The summed E-state index contributed by atoms with van der Waals surface area (Å²) in [5.74, 6) is -1.07. The van der Waals surface area contributed by atoms with Crippen LogP contribution >= 0.6 is 0 Å². The highest BCUT2D eigenvalue weighted by Gasteiger charge is 2.66. The van der Waals surface area contributed by atoms with Crippen LogP contribution in [-0.4, -0.2) is 33.2 Å². The standard InChI is InChI=1S/C30H46O6/c1-18(8-7-9-19(2)26(33)34)22-14-15-30(6)24-12-10-21(20(3)27(35)36)23(11-13-25(31)32)28(24,4)16-17-29(22,30)5/h9,18,22-24H,7-8,10-17H2,1-6H3,(H,31,32)(H,33,34)(H,35,36)/t18?,22?,23?,24-,28+,29-,30+/m1/s1. The minimum atomic E-state index is -0.888. The minimum Gasteiger partial charge on any atom is -0.481 e. The van der Waals surface area contributed by atoms with Crippen LogP contribution in [0.5, 0.6) is 0 Å². The molecule has 0 aromatic heterocycles. The first-order valence-corrected chi connectivity index (χ1v) is 13.7. The van der Waals surface area contributed by atoms with E-state index in [9.17, 15) is 24.6 Å². The molecule has 0 aliphatic heterocycles. The van der Waals surface area contributed by atoms with Crippen LogP contribution in [0.1, 0.15) is 106 Å². The number of carboxylic acid groups (broad SMARTS) is 3. The molecule has 6 nitrogen and oxygen atoms in total. The molecule has 3 N–H and O–H groups in total. The third kappa shape index (κ3) is 4.77. The summed E-state index contributed by atoms with van der Waals surface area (Å²) in [6.07, 6.45) is 10.3. The van der Waals surface area contributed by atoms with E-state index in [1.807, 2.05) is 6.08 Å². The molecule has 0 saturated heterocycles. The largest absolute Gasteiger partial charge is 0.481 e. The zero-order valence-corrected chi connectivity index (χ0v) is 23.0. The first kappa shape index (κ1) is 28.5. The van der Waals surface area contributed by atoms with Crippen LogP contribution in [0.25, 0.3) is 0 Å². The number of fused-ring (bicyclic) bond motifs is 3. The van der Waals surface area contributed by atoms with Gasteiger partial charge < -0.3 is 15.3 Å². The lowest BCUT2D eigenvalue weighted by Gasteiger charge is -2.65. The van der Waals surface area contributed by atoms with Gasteiger partial charge in [0.25, 0.3) is 0 Å². The van der Waals surface area contributed by atoms with Gasteiger partial charge in [0, 0.05) is 17.6 Å². The molecule has 0 aromatic carbocycles. The predicted octanol–water partition coefficient (Wildman–Crippen LogP) is 6.95. The van der Waals surface area contributed by atoms with Crippen molar-refractivity contribution >= 4 is 17.9 Å². The average Bonchev–Trinajstić information content (AvgIpc) is 3.07. The van der Waals surface area contributed by atoms with Gasteiger partial charge in [0.15, 0.2) is 0 Å². The average molecular weight is 503 g/mol. The molecule has 202 valence electrons. The Morgan fingerprint density at radius 3 is 2.22 bits per heavy atom. The minimum absolute atomic E-state index is 0.00886. The van der Waals surface area contributed by atoms with Gasteiger partial charge in [-0.05, 0) is 112 Å². The Hall–Kier alpha value is -2.11. The lowest BCUT2D eigenvalue weighted by molar-refractivity contribution is -0.148. The molecular formula is C30H46O6. The third-order valence-corrected chi connectivity index (χ3v) is 11.3. The van der Waals surface area contributed by atoms with Crippen LogP contribution in [0.4, 0.5) is 0 Å². The number of aliphatic carboxylic acids is 3. The summed E-state index contributed by atoms with van der Waals surface area (Å²) in [4.78, 5) is 34.6. The van der Waals surface area contributed by atoms with Crippen LogP contribution in [0.3, 0.4) is 0 Å². The predicted molar refractivity (Wildman–Crippen MR) is 139 cm³/mol. The Kier molecular flexibility index (Phi) is 8.17. The van der Waals surface area contributed by atoms with Gasteiger partial charge in [-0.2, -0.15) is 0 Å². The number of rotatable bonds is 9. The maximum absolute atomic E-state index is 11.9. The second-order valence-corrected chi connectivity index (χ2v) is 12.8. The van der Waals surface area contributed by atoms with E-state index in [4.69, 9.17) is 5.11 Å². The second-order valence-electron chi connectivity index (χ2n) is 12.8. The molecule has 3 saturated carbocycles. The molecule has 3 rings (SSSR count). The monoisotopic (exact) mass is 502 g/mol. The van der Waals surface area contributed by atoms with Crippen LogP contribution < -0.4 is 0 Å². The summed E-state index contributed by atoms with van der Waals surface area (Å²) in [7, 11) is 0. The second kappa shape index (κ2) is 10.3. The summed E-state index contributed by atoms with van der Waals surface area (Å²) in [5.41, 5.74) is 1.98. The molecule has 0 heterocycles. The highest BCUT2D eigenvalue weighted by Crippen LogP contribution is 2.74. The number of carbonyl (C=O) groups is 3. The summed E-state index contributed by atoms with van der Waals surface area (Å²) in [6.45, 7) is 12.9. The maximum atomic E-state index is 11.9. The normalized spacial score (nSPS) is 38.6. The molecule has 3 aliphatic rings. The van der Waals surface area contributed by atoms with Gasteiger partial charge in [-0.25, -0.2) is 9.59 Å². The van der Waals surface area contributed by atoms with Crippen LogP contribution in [0.15, 0.2) is 22.8 Å². The molecule has 0 aromatic rings. The third-order valence-electron chi connectivity index (χ3n) is 11.3. The number of hydrogen-bond donors (Lipinski definition) is 3. The van der Waals surface area contributed by atoms with Crippen LogP contribution in [0.2, 0.25) is 0 Å². The Bertz CT molecular complexity index is 962. The SMILES string of the molecule is CC(=CCCC(C)C1CC[C@@]2(C)[C@@H]3CCC(=C(C)C(=O)O)C(CCC(=O)O)[C@]3(C)CC[C@]12C)C(=O)O. The van der Waals surface area contributed by atoms with E-state index in [0.717, 1.165) is 50.5 Å². The molecule has 3 unspecified atom stereocenters. The molecule has 36 heavy (non-hydrogen) atoms. The molecule has 0 spiro atoms. The molecule has 0 radical (unpaired) electrons. The van der Waals surface area contributed by atoms with Gasteiger partial charge in [0.05, 0.1) is 0 Å². The smallest absolute Gasteiger partial charge is 0.331 e. The van der Waals surface area contributed by atoms with E-state index >= 15 is 0 Å². The highest BCUT2D eigenvalue weighted by atomic mass is 16.4. The van der Waals surface area contributed by atoms with E-state index < -0.39 is 17.9 Å². The quantitative estimate of drug-likeness (QED) is 0.294. The summed E-state index contributed by atoms with van der Waals surface area (Å²) >= 11 is 0. The fourth-order valence-corrected chi connectivity index (χ4v) is 9.02. The van der Waals surface area contributed by atoms with Crippen molar-refractivity contribution in [1.29, 1.82) is 0 Å². The van der Waals surface area contributed by atoms with Crippen molar-refractivity contribution in [3.63, 3.8) is 0 Å². The lowest BCUT2D eigenvalue weighted by atomic mass is 9.40. The van der Waals surface area contributed by atoms with Crippen molar-refractivity contribution in [2.75, 3.05) is 0 Å². The zero-order chi connectivity index (χ0) is 27.1. The van der Waals surface area contributed by atoms with E-state index in [0.29, 0.717) is 35.3 Å². The molecule has 3 aliphatic carbocycles. The summed E-state index contributed by atoms with van der Waals surface area (Å²) < 4.78 is 0. The molecule has 0 amide bonds. The van der Waals surface area contributed by atoms with Gasteiger partial charge in [-0.1, -0.05) is 39.3 Å². The van der Waals surface area contributed by atoms with E-state index in [1.165, 1.54) is 6.42 Å². The van der Waals surface area contributed by atoms with Gasteiger partial charge in [-0.15, -0.1) is 0 Å². The van der Waals surface area contributed by atoms with E-state index in [-0.39, 0.29) is 28.6 Å².